The van der Waals surface area contributed by atoms with E-state index in [1.54, 1.807) is 0 Å². The van der Waals surface area contributed by atoms with Gasteiger partial charge in [0.15, 0.2) is 0 Å². The minimum atomic E-state index is 0.155. The topological polar surface area (TPSA) is 30.5 Å². The van der Waals surface area contributed by atoms with Crippen LogP contribution >= 0.6 is 0 Å². The van der Waals surface area contributed by atoms with Gasteiger partial charge in [0.2, 0.25) is 0 Å². The van der Waals surface area contributed by atoms with Crippen molar-refractivity contribution in [2.45, 2.75) is 26.1 Å². The standard InChI is InChI=1S/C17H19NO2/c1-13-7-8-17-15(9-13)10-16(20-17)11-18-19-12-14-5-3-2-4-6-14/h2-9,16,18H,10-12H2,1H3. The fraction of sp³-hybridized carbons (Fsp3) is 0.294. The zero-order chi connectivity index (χ0) is 13.8. The Morgan fingerprint density at radius 3 is 2.90 bits per heavy atom. The minimum Gasteiger partial charge on any atom is -0.488 e. The van der Waals surface area contributed by atoms with Gasteiger partial charge in [0.25, 0.3) is 0 Å². The lowest BCUT2D eigenvalue weighted by Gasteiger charge is -2.11. The molecule has 1 N–H and O–H groups in total. The van der Waals surface area contributed by atoms with Crippen molar-refractivity contribution in [3.05, 3.63) is 65.2 Å². The normalized spacial score (nSPS) is 16.8. The Balaban J connectivity index is 1.43. The highest BCUT2D eigenvalue weighted by Gasteiger charge is 2.22. The quantitative estimate of drug-likeness (QED) is 0.668. The smallest absolute Gasteiger partial charge is 0.123 e. The second-order valence-corrected chi connectivity index (χ2v) is 5.18. The molecule has 0 saturated heterocycles. The first-order valence-electron chi connectivity index (χ1n) is 6.96. The van der Waals surface area contributed by atoms with E-state index in [4.69, 9.17) is 9.57 Å². The number of benzene rings is 2. The molecule has 0 radical (unpaired) electrons. The molecule has 104 valence electrons. The molecule has 0 spiro atoms. The molecule has 0 amide bonds. The summed E-state index contributed by atoms with van der Waals surface area (Å²) < 4.78 is 5.87. The van der Waals surface area contributed by atoms with Gasteiger partial charge in [0, 0.05) is 6.42 Å². The van der Waals surface area contributed by atoms with Crippen molar-refractivity contribution in [1.82, 2.24) is 5.48 Å². The van der Waals surface area contributed by atoms with Crippen LogP contribution in [0.3, 0.4) is 0 Å². The number of hydrogen-bond acceptors (Lipinski definition) is 3. The van der Waals surface area contributed by atoms with Gasteiger partial charge in [-0.25, -0.2) is 0 Å². The van der Waals surface area contributed by atoms with Crippen LogP contribution < -0.4 is 10.2 Å². The summed E-state index contributed by atoms with van der Waals surface area (Å²) in [5.74, 6) is 1.01. The molecule has 20 heavy (non-hydrogen) atoms. The lowest BCUT2D eigenvalue weighted by molar-refractivity contribution is 0.0107. The van der Waals surface area contributed by atoms with Crippen molar-refractivity contribution >= 4 is 0 Å². The fourth-order valence-corrected chi connectivity index (χ4v) is 2.42. The second kappa shape index (κ2) is 6.07. The van der Waals surface area contributed by atoms with Crippen molar-refractivity contribution in [3.8, 4) is 5.75 Å². The minimum absolute atomic E-state index is 0.155. The predicted molar refractivity (Wildman–Crippen MR) is 78.5 cm³/mol. The highest BCUT2D eigenvalue weighted by molar-refractivity contribution is 5.40. The number of fused-ring (bicyclic) bond motifs is 1. The number of aryl methyl sites for hydroxylation is 1. The maximum Gasteiger partial charge on any atom is 0.123 e. The molecule has 1 heterocycles. The van der Waals surface area contributed by atoms with Gasteiger partial charge in [-0.3, -0.25) is 4.84 Å². The lowest BCUT2D eigenvalue weighted by Crippen LogP contribution is -2.30. The molecule has 1 aliphatic heterocycles. The Hall–Kier alpha value is -1.84. The van der Waals surface area contributed by atoms with Crippen LogP contribution in [-0.2, 0) is 17.9 Å². The summed E-state index contributed by atoms with van der Waals surface area (Å²) in [5.41, 5.74) is 6.73. The van der Waals surface area contributed by atoms with Gasteiger partial charge in [0.05, 0.1) is 13.2 Å². The van der Waals surface area contributed by atoms with Gasteiger partial charge in [0.1, 0.15) is 11.9 Å². The number of hydrogen-bond donors (Lipinski definition) is 1. The molecule has 0 aromatic heterocycles. The van der Waals surface area contributed by atoms with Crippen LogP contribution in [0.15, 0.2) is 48.5 Å². The molecule has 0 bridgehead atoms. The Morgan fingerprint density at radius 2 is 2.05 bits per heavy atom. The summed E-state index contributed by atoms with van der Waals surface area (Å²) in [6, 6.07) is 16.5. The van der Waals surface area contributed by atoms with Gasteiger partial charge in [-0.2, -0.15) is 5.48 Å². The maximum absolute atomic E-state index is 5.87. The maximum atomic E-state index is 5.87. The Labute approximate surface area is 119 Å². The first-order chi connectivity index (χ1) is 9.81. The Morgan fingerprint density at radius 1 is 1.20 bits per heavy atom. The molecule has 0 fully saturated rings. The monoisotopic (exact) mass is 269 g/mol. The van der Waals surface area contributed by atoms with E-state index < -0.39 is 0 Å². The SMILES string of the molecule is Cc1ccc2c(c1)CC(CNOCc1ccccc1)O2. The van der Waals surface area contributed by atoms with E-state index in [9.17, 15) is 0 Å². The van der Waals surface area contributed by atoms with Crippen molar-refractivity contribution in [2.75, 3.05) is 6.54 Å². The van der Waals surface area contributed by atoms with Crippen LogP contribution in [0, 0.1) is 6.92 Å². The molecule has 2 aromatic carbocycles. The molecule has 1 unspecified atom stereocenters. The number of hydroxylamine groups is 1. The Kier molecular flexibility index (Phi) is 4.00. The highest BCUT2D eigenvalue weighted by atomic mass is 16.6. The second-order valence-electron chi connectivity index (χ2n) is 5.18. The van der Waals surface area contributed by atoms with E-state index in [-0.39, 0.29) is 6.10 Å². The van der Waals surface area contributed by atoms with Crippen molar-refractivity contribution in [3.63, 3.8) is 0 Å². The summed E-state index contributed by atoms with van der Waals surface area (Å²) in [6.45, 7) is 3.37. The number of nitrogens with one attached hydrogen (secondary N) is 1. The molecular formula is C17H19NO2. The average molecular weight is 269 g/mol. The van der Waals surface area contributed by atoms with Gasteiger partial charge in [-0.05, 0) is 24.1 Å². The van der Waals surface area contributed by atoms with Crippen LogP contribution in [0.5, 0.6) is 5.75 Å². The molecule has 1 atom stereocenters. The van der Waals surface area contributed by atoms with Crippen LogP contribution in [0.25, 0.3) is 0 Å². The van der Waals surface area contributed by atoms with Crippen molar-refractivity contribution < 1.29 is 9.57 Å². The van der Waals surface area contributed by atoms with Gasteiger partial charge in [-0.1, -0.05) is 48.0 Å². The number of rotatable bonds is 5. The molecular weight excluding hydrogens is 250 g/mol. The summed E-state index contributed by atoms with van der Waals surface area (Å²) in [5, 5.41) is 0. The van der Waals surface area contributed by atoms with E-state index in [2.05, 4.69) is 30.6 Å². The zero-order valence-corrected chi connectivity index (χ0v) is 11.6. The molecule has 3 rings (SSSR count). The van der Waals surface area contributed by atoms with Gasteiger partial charge in [-0.15, -0.1) is 0 Å². The number of ether oxygens (including phenoxy) is 1. The first-order valence-corrected chi connectivity index (χ1v) is 6.96. The fourth-order valence-electron chi connectivity index (χ4n) is 2.42. The molecule has 2 aromatic rings. The molecule has 0 aliphatic carbocycles. The molecule has 1 aliphatic rings. The summed E-state index contributed by atoms with van der Waals surface area (Å²) in [7, 11) is 0. The summed E-state index contributed by atoms with van der Waals surface area (Å²) in [6.07, 6.45) is 1.10. The van der Waals surface area contributed by atoms with E-state index >= 15 is 0 Å². The predicted octanol–water partition coefficient (Wildman–Crippen LogP) is 3.02. The van der Waals surface area contributed by atoms with E-state index in [0.29, 0.717) is 13.2 Å². The summed E-state index contributed by atoms with van der Waals surface area (Å²) in [4.78, 5) is 5.47. The van der Waals surface area contributed by atoms with Crippen LogP contribution in [0.1, 0.15) is 16.7 Å². The molecule has 0 saturated carbocycles. The largest absolute Gasteiger partial charge is 0.488 e. The lowest BCUT2D eigenvalue weighted by atomic mass is 10.1. The Bertz CT molecular complexity index is 568. The molecule has 3 heteroatoms. The van der Waals surface area contributed by atoms with Crippen molar-refractivity contribution in [2.24, 2.45) is 0 Å². The van der Waals surface area contributed by atoms with Crippen LogP contribution in [-0.4, -0.2) is 12.6 Å². The third-order valence-corrected chi connectivity index (χ3v) is 3.45. The van der Waals surface area contributed by atoms with Gasteiger partial charge >= 0.3 is 0 Å². The van der Waals surface area contributed by atoms with Crippen LogP contribution in [0.4, 0.5) is 0 Å². The van der Waals surface area contributed by atoms with E-state index in [0.717, 1.165) is 17.7 Å². The first kappa shape index (κ1) is 13.2. The van der Waals surface area contributed by atoms with E-state index in [1.807, 2.05) is 30.3 Å². The van der Waals surface area contributed by atoms with E-state index in [1.165, 1.54) is 11.1 Å². The average Bonchev–Trinajstić information content (AvgIpc) is 2.86. The summed E-state index contributed by atoms with van der Waals surface area (Å²) >= 11 is 0. The van der Waals surface area contributed by atoms with Crippen LogP contribution in [0.2, 0.25) is 0 Å². The molecule has 3 nitrogen and oxygen atoms in total. The zero-order valence-electron chi connectivity index (χ0n) is 11.6. The highest BCUT2D eigenvalue weighted by Crippen LogP contribution is 2.29. The third kappa shape index (κ3) is 3.18. The van der Waals surface area contributed by atoms with Gasteiger partial charge < -0.3 is 4.74 Å². The third-order valence-electron chi connectivity index (χ3n) is 3.45. The van der Waals surface area contributed by atoms with Crippen molar-refractivity contribution in [1.29, 1.82) is 0 Å².